The van der Waals surface area contributed by atoms with Gasteiger partial charge >= 0.3 is 0 Å². The molecule has 1 aromatic rings. The maximum absolute atomic E-state index is 9.81. The molecule has 2 aliphatic heterocycles. The van der Waals surface area contributed by atoms with Gasteiger partial charge in [0.05, 0.1) is 13.2 Å². The summed E-state index contributed by atoms with van der Waals surface area (Å²) in [6, 6.07) is 9.23. The minimum absolute atomic E-state index is 0.255. The number of aldehydes is 1. The molecule has 1 aromatic carbocycles. The van der Waals surface area contributed by atoms with E-state index in [2.05, 4.69) is 137 Å². The van der Waals surface area contributed by atoms with Crippen LogP contribution in [0.15, 0.2) is 114 Å². The predicted octanol–water partition coefficient (Wildman–Crippen LogP) is 9.09. The molecule has 7 nitrogen and oxygen atoms in total. The minimum atomic E-state index is 0.255. The number of carbonyl (C=O) groups excluding carboxylic acids is 2. The maximum Gasteiger partial charge on any atom is 0.142 e. The third-order valence-electron chi connectivity index (χ3n) is 8.48. The molecule has 0 spiro atoms. The lowest BCUT2D eigenvalue weighted by molar-refractivity contribution is -0.116. The Morgan fingerprint density at radius 1 is 0.941 bits per heavy atom. The van der Waals surface area contributed by atoms with E-state index in [1.807, 2.05) is 26.1 Å². The molecule has 0 atom stereocenters. The highest BCUT2D eigenvalue weighted by atomic mass is 16.5. The van der Waals surface area contributed by atoms with Gasteiger partial charge < -0.3 is 30.0 Å². The van der Waals surface area contributed by atoms with Crippen LogP contribution in [-0.4, -0.2) is 74.4 Å². The SMILES string of the molecule is C=C/C=C(N/C(=C\C)c1ccc(C)cc1)\C(C)=C(/C)N1CCOCC1.C=CC=O.CC/C=C/C=C(\C=C(/C)CC)N1CC(NC)C1.CCC(C)=O. The lowest BCUT2D eigenvalue weighted by atomic mass is 10.1. The minimum Gasteiger partial charge on any atom is -0.378 e. The normalized spacial score (nSPS) is 15.9. The first-order valence-electron chi connectivity index (χ1n) is 18.3. The van der Waals surface area contributed by atoms with Gasteiger partial charge in [0, 0.05) is 61.4 Å². The largest absolute Gasteiger partial charge is 0.378 e. The molecule has 0 amide bonds. The molecule has 0 aromatic heterocycles. The fourth-order valence-electron chi connectivity index (χ4n) is 4.67. The molecular formula is C44H68N4O3. The number of morpholine rings is 1. The van der Waals surface area contributed by atoms with E-state index in [1.165, 1.54) is 39.7 Å². The molecule has 2 heterocycles. The summed E-state index contributed by atoms with van der Waals surface area (Å²) in [4.78, 5) is 23.7. The van der Waals surface area contributed by atoms with E-state index in [-0.39, 0.29) is 5.78 Å². The molecule has 0 unspecified atom stereocenters. The van der Waals surface area contributed by atoms with Crippen LogP contribution in [0.5, 0.6) is 0 Å². The molecule has 3 rings (SSSR count). The van der Waals surface area contributed by atoms with Crippen LogP contribution < -0.4 is 10.6 Å². The van der Waals surface area contributed by atoms with Crippen molar-refractivity contribution in [2.24, 2.45) is 0 Å². The first-order valence-corrected chi connectivity index (χ1v) is 18.3. The predicted molar refractivity (Wildman–Crippen MR) is 220 cm³/mol. The number of benzene rings is 1. The van der Waals surface area contributed by atoms with Crippen LogP contribution in [-0.2, 0) is 14.3 Å². The van der Waals surface area contributed by atoms with Gasteiger partial charge in [-0.25, -0.2) is 0 Å². The Hall–Kier alpha value is -4.20. The van der Waals surface area contributed by atoms with Crippen molar-refractivity contribution in [2.75, 3.05) is 46.4 Å². The topological polar surface area (TPSA) is 73.9 Å². The average molecular weight is 701 g/mol. The molecule has 0 bridgehead atoms. The molecule has 2 fully saturated rings. The van der Waals surface area contributed by atoms with Gasteiger partial charge in [0.25, 0.3) is 0 Å². The summed E-state index contributed by atoms with van der Waals surface area (Å²) in [5.41, 5.74) is 9.92. The summed E-state index contributed by atoms with van der Waals surface area (Å²) >= 11 is 0. The second-order valence-electron chi connectivity index (χ2n) is 12.4. The van der Waals surface area contributed by atoms with Crippen molar-refractivity contribution in [3.8, 4) is 0 Å². The van der Waals surface area contributed by atoms with Crippen LogP contribution in [0.3, 0.4) is 0 Å². The maximum atomic E-state index is 9.81. The van der Waals surface area contributed by atoms with Gasteiger partial charge in [-0.3, -0.25) is 4.79 Å². The number of likely N-dealkylation sites (tertiary alicyclic amines) is 1. The zero-order valence-electron chi connectivity index (χ0n) is 33.5. The lowest BCUT2D eigenvalue weighted by Crippen LogP contribution is -2.55. The van der Waals surface area contributed by atoms with Gasteiger partial charge in [-0.1, -0.05) is 93.6 Å². The van der Waals surface area contributed by atoms with Gasteiger partial charge in [0.15, 0.2) is 0 Å². The quantitative estimate of drug-likeness (QED) is 0.114. The smallest absolute Gasteiger partial charge is 0.142 e. The molecule has 7 heteroatoms. The fraction of sp³-hybridized carbons (Fsp3) is 0.455. The lowest BCUT2D eigenvalue weighted by Gasteiger charge is -2.41. The first-order chi connectivity index (χ1) is 24.5. The molecule has 2 saturated heterocycles. The van der Waals surface area contributed by atoms with E-state index < -0.39 is 0 Å². The number of nitrogens with one attached hydrogen (secondary N) is 2. The molecule has 282 valence electrons. The average Bonchev–Trinajstić information content (AvgIpc) is 3.13. The Balaban J connectivity index is 0.000000825. The van der Waals surface area contributed by atoms with Gasteiger partial charge in [-0.15, -0.1) is 0 Å². The second kappa shape index (κ2) is 28.5. The Morgan fingerprint density at radius 3 is 1.98 bits per heavy atom. The molecule has 0 aliphatic carbocycles. The first kappa shape index (κ1) is 46.8. The molecule has 2 N–H and O–H groups in total. The Labute approximate surface area is 311 Å². The van der Waals surface area contributed by atoms with Crippen molar-refractivity contribution in [1.82, 2.24) is 20.4 Å². The third kappa shape index (κ3) is 19.7. The van der Waals surface area contributed by atoms with E-state index in [1.54, 1.807) is 6.92 Å². The number of rotatable bonds is 14. The fourth-order valence-corrected chi connectivity index (χ4v) is 4.67. The highest BCUT2D eigenvalue weighted by Gasteiger charge is 2.25. The summed E-state index contributed by atoms with van der Waals surface area (Å²) in [5, 5.41) is 6.91. The second-order valence-corrected chi connectivity index (χ2v) is 12.4. The number of ether oxygens (including phenoxy) is 1. The zero-order valence-corrected chi connectivity index (χ0v) is 33.5. The number of ketones is 1. The number of likely N-dealkylation sites (N-methyl/N-ethyl adjacent to an activating group) is 1. The monoisotopic (exact) mass is 701 g/mol. The number of hydrogen-bond acceptors (Lipinski definition) is 7. The Bertz CT molecular complexity index is 1360. The van der Waals surface area contributed by atoms with Gasteiger partial charge in [-0.2, -0.15) is 0 Å². The van der Waals surface area contributed by atoms with Gasteiger partial charge in [-0.05, 0) is 96.9 Å². The number of hydrogen-bond donors (Lipinski definition) is 2. The van der Waals surface area contributed by atoms with Crippen LogP contribution >= 0.6 is 0 Å². The Kier molecular flexibility index (Phi) is 26.1. The number of allylic oxidation sites excluding steroid dienone is 11. The van der Waals surface area contributed by atoms with Gasteiger partial charge in [0.1, 0.15) is 12.1 Å². The van der Waals surface area contributed by atoms with Crippen LogP contribution in [0.2, 0.25) is 0 Å². The summed E-state index contributed by atoms with van der Waals surface area (Å²) in [6.45, 7) is 31.2. The standard InChI is InChI=1S/C22H30N2O.C15H26N2.C4H8O.C3H4O/c1-6-8-22(18(4)19(5)24-13-15-25-16-14-24)23-21(7-2)20-11-9-17(3)10-12-20;1-5-7-8-9-15(10-13(3)6-2)17-11-14(12-17)16-4;1-3-4(2)5;1-2-3-4/h6-12,23H,1,13-16H2,2-5H3;7-10,14,16H,5-6,11-12H2,1-4H3;3H2,1-2H3;2-3H,1H2/b19-18+,21-7-,22-8+;8-7+,13-10+,15-9+;;. The van der Waals surface area contributed by atoms with E-state index in [0.717, 1.165) is 63.6 Å². The van der Waals surface area contributed by atoms with E-state index in [4.69, 9.17) is 9.53 Å². The highest BCUT2D eigenvalue weighted by Crippen LogP contribution is 2.22. The van der Waals surface area contributed by atoms with Crippen molar-refractivity contribution in [1.29, 1.82) is 0 Å². The highest BCUT2D eigenvalue weighted by molar-refractivity contribution is 5.74. The number of carbonyl (C=O) groups is 2. The van der Waals surface area contributed by atoms with Crippen LogP contribution in [0, 0.1) is 6.92 Å². The summed E-state index contributed by atoms with van der Waals surface area (Å²) in [7, 11) is 2.04. The summed E-state index contributed by atoms with van der Waals surface area (Å²) in [6.07, 6.45) is 19.6. The van der Waals surface area contributed by atoms with Crippen molar-refractivity contribution in [3.63, 3.8) is 0 Å². The van der Waals surface area contributed by atoms with Crippen LogP contribution in [0.1, 0.15) is 85.8 Å². The summed E-state index contributed by atoms with van der Waals surface area (Å²) in [5.74, 6) is 0.255. The van der Waals surface area contributed by atoms with Crippen molar-refractivity contribution >= 4 is 17.8 Å². The number of Topliss-reactive ketones (excluding diaryl/α,β-unsaturated/α-hetero) is 1. The molecule has 0 saturated carbocycles. The van der Waals surface area contributed by atoms with Crippen LogP contribution in [0.25, 0.3) is 5.70 Å². The molecule has 2 aliphatic rings. The zero-order chi connectivity index (χ0) is 38.6. The van der Waals surface area contributed by atoms with E-state index >= 15 is 0 Å². The third-order valence-corrected chi connectivity index (χ3v) is 8.48. The van der Waals surface area contributed by atoms with Crippen molar-refractivity contribution < 1.29 is 14.3 Å². The summed E-state index contributed by atoms with van der Waals surface area (Å²) < 4.78 is 5.47. The Morgan fingerprint density at radius 2 is 1.53 bits per heavy atom. The van der Waals surface area contributed by atoms with E-state index in [9.17, 15) is 4.79 Å². The van der Waals surface area contributed by atoms with Crippen molar-refractivity contribution in [2.45, 2.75) is 87.6 Å². The molecule has 51 heavy (non-hydrogen) atoms. The van der Waals surface area contributed by atoms with E-state index in [0.29, 0.717) is 18.7 Å². The molecular weight excluding hydrogens is 633 g/mol. The number of aryl methyl sites for hydroxylation is 1. The number of nitrogens with zero attached hydrogens (tertiary/aromatic N) is 2. The van der Waals surface area contributed by atoms with Crippen LogP contribution in [0.4, 0.5) is 0 Å². The van der Waals surface area contributed by atoms with Gasteiger partial charge in [0.2, 0.25) is 0 Å². The van der Waals surface area contributed by atoms with Crippen molar-refractivity contribution in [3.05, 3.63) is 125 Å². The molecule has 0 radical (unpaired) electrons.